The lowest BCUT2D eigenvalue weighted by atomic mass is 10.3. The Kier molecular flexibility index (Phi) is 6.25. The van der Waals surface area contributed by atoms with Crippen LogP contribution in [0, 0.1) is 0 Å². The number of anilines is 1. The van der Waals surface area contributed by atoms with Crippen LogP contribution < -0.4 is 10.1 Å². The molecule has 1 fully saturated rings. The number of carbonyl (C=O) groups excluding carboxylic acids is 1. The molecule has 1 unspecified atom stereocenters. The fourth-order valence-electron chi connectivity index (χ4n) is 2.43. The Morgan fingerprint density at radius 2 is 2.28 bits per heavy atom. The monoisotopic (exact) mass is 381 g/mol. The number of carbonyl (C=O) groups is 1. The van der Waals surface area contributed by atoms with Gasteiger partial charge in [0.2, 0.25) is 0 Å². The van der Waals surface area contributed by atoms with Gasteiger partial charge in [-0.05, 0) is 25.1 Å². The largest absolute Gasteiger partial charge is 0.481 e. The molecule has 1 aromatic heterocycles. The molecule has 1 aromatic carbocycles. The van der Waals surface area contributed by atoms with Crippen molar-refractivity contribution < 1.29 is 14.3 Å². The topological polar surface area (TPSA) is 63.7 Å². The van der Waals surface area contributed by atoms with Crippen molar-refractivity contribution in [3.05, 3.63) is 40.4 Å². The van der Waals surface area contributed by atoms with Crippen LogP contribution in [0.15, 0.2) is 29.6 Å². The van der Waals surface area contributed by atoms with Gasteiger partial charge >= 0.3 is 0 Å². The Hall–Kier alpha value is -1.67. The lowest BCUT2D eigenvalue weighted by molar-refractivity contribution is -0.122. The fourth-order valence-corrected chi connectivity index (χ4v) is 3.32. The predicted octanol–water partition coefficient (Wildman–Crippen LogP) is 3.03. The molecule has 0 saturated carbocycles. The molecule has 0 radical (unpaired) electrons. The number of morpholine rings is 1. The van der Waals surface area contributed by atoms with Gasteiger partial charge in [0.25, 0.3) is 5.91 Å². The first-order valence-corrected chi connectivity index (χ1v) is 9.33. The second kappa shape index (κ2) is 8.62. The molecule has 0 aliphatic carbocycles. The fraction of sp³-hybridized carbons (Fsp3) is 0.412. The van der Waals surface area contributed by atoms with Crippen LogP contribution in [0.4, 0.5) is 5.13 Å². The van der Waals surface area contributed by atoms with Gasteiger partial charge in [-0.25, -0.2) is 4.98 Å². The highest BCUT2D eigenvalue weighted by atomic mass is 35.5. The standard InChI is InChI=1S/C17H20ClN3O3S/c1-12(24-15-4-2-3-13(18)9-15)16(22)20-17-19-14(11-25-17)10-21-5-7-23-8-6-21/h2-4,9,11-12H,5-8,10H2,1H3,(H,19,20,22). The highest BCUT2D eigenvalue weighted by Crippen LogP contribution is 2.20. The molecule has 134 valence electrons. The van der Waals surface area contributed by atoms with E-state index in [1.54, 1.807) is 31.2 Å². The van der Waals surface area contributed by atoms with E-state index in [9.17, 15) is 4.79 Å². The molecule has 0 bridgehead atoms. The zero-order valence-corrected chi connectivity index (χ0v) is 15.5. The molecular weight excluding hydrogens is 362 g/mol. The van der Waals surface area contributed by atoms with Crippen LogP contribution in [0.1, 0.15) is 12.6 Å². The van der Waals surface area contributed by atoms with Gasteiger partial charge in [-0.15, -0.1) is 11.3 Å². The summed E-state index contributed by atoms with van der Waals surface area (Å²) in [4.78, 5) is 19.0. The van der Waals surface area contributed by atoms with Gasteiger partial charge in [0, 0.05) is 30.0 Å². The molecule has 3 rings (SSSR count). The first kappa shape index (κ1) is 18.1. The maximum absolute atomic E-state index is 12.3. The minimum atomic E-state index is -0.648. The third kappa shape index (κ3) is 5.40. The molecule has 25 heavy (non-hydrogen) atoms. The van der Waals surface area contributed by atoms with E-state index in [0.717, 1.165) is 38.5 Å². The average Bonchev–Trinajstić information content (AvgIpc) is 3.02. The van der Waals surface area contributed by atoms with Crippen molar-refractivity contribution in [3.8, 4) is 5.75 Å². The van der Waals surface area contributed by atoms with Crippen molar-refractivity contribution in [2.75, 3.05) is 31.6 Å². The Morgan fingerprint density at radius 3 is 3.04 bits per heavy atom. The van der Waals surface area contributed by atoms with Gasteiger partial charge in [-0.1, -0.05) is 17.7 Å². The van der Waals surface area contributed by atoms with E-state index in [1.165, 1.54) is 11.3 Å². The summed E-state index contributed by atoms with van der Waals surface area (Å²) in [5.41, 5.74) is 0.950. The predicted molar refractivity (Wildman–Crippen MR) is 98.4 cm³/mol. The first-order chi connectivity index (χ1) is 12.1. The number of rotatable bonds is 6. The molecule has 1 saturated heterocycles. The van der Waals surface area contributed by atoms with E-state index in [-0.39, 0.29) is 5.91 Å². The summed E-state index contributed by atoms with van der Waals surface area (Å²) in [5, 5.41) is 5.91. The number of nitrogens with one attached hydrogen (secondary N) is 1. The number of nitrogens with zero attached hydrogens (tertiary/aromatic N) is 2. The van der Waals surface area contributed by atoms with Gasteiger partial charge in [0.1, 0.15) is 5.75 Å². The molecule has 1 atom stereocenters. The molecule has 0 spiro atoms. The zero-order chi connectivity index (χ0) is 17.6. The van der Waals surface area contributed by atoms with E-state index in [4.69, 9.17) is 21.1 Å². The second-order valence-electron chi connectivity index (χ2n) is 5.74. The lowest BCUT2D eigenvalue weighted by Crippen LogP contribution is -2.35. The van der Waals surface area contributed by atoms with Crippen molar-refractivity contribution in [1.29, 1.82) is 0 Å². The summed E-state index contributed by atoms with van der Waals surface area (Å²) < 4.78 is 11.0. The summed E-state index contributed by atoms with van der Waals surface area (Å²) in [5.74, 6) is 0.314. The first-order valence-electron chi connectivity index (χ1n) is 8.08. The summed E-state index contributed by atoms with van der Waals surface area (Å²) >= 11 is 7.33. The van der Waals surface area contributed by atoms with Crippen LogP contribution in [0.2, 0.25) is 5.02 Å². The lowest BCUT2D eigenvalue weighted by Gasteiger charge is -2.25. The summed E-state index contributed by atoms with van der Waals surface area (Å²) in [6.45, 7) is 5.79. The highest BCUT2D eigenvalue weighted by molar-refractivity contribution is 7.13. The zero-order valence-electron chi connectivity index (χ0n) is 13.9. The van der Waals surface area contributed by atoms with E-state index >= 15 is 0 Å². The SMILES string of the molecule is CC(Oc1cccc(Cl)c1)C(=O)Nc1nc(CN2CCOCC2)cs1. The van der Waals surface area contributed by atoms with Gasteiger partial charge in [-0.3, -0.25) is 15.0 Å². The maximum atomic E-state index is 12.3. The number of benzene rings is 1. The summed E-state index contributed by atoms with van der Waals surface area (Å²) in [6, 6.07) is 6.97. The normalized spacial score (nSPS) is 16.4. The van der Waals surface area contributed by atoms with E-state index in [0.29, 0.717) is 15.9 Å². The van der Waals surface area contributed by atoms with Crippen LogP contribution in [0.25, 0.3) is 0 Å². The number of hydrogen-bond donors (Lipinski definition) is 1. The second-order valence-corrected chi connectivity index (χ2v) is 7.03. The Balaban J connectivity index is 1.52. The number of aromatic nitrogens is 1. The molecular formula is C17H20ClN3O3S. The average molecular weight is 382 g/mol. The Morgan fingerprint density at radius 1 is 1.48 bits per heavy atom. The molecule has 2 heterocycles. The third-order valence-corrected chi connectivity index (χ3v) is 4.79. The Labute approximate surface area is 155 Å². The smallest absolute Gasteiger partial charge is 0.266 e. The Bertz CT molecular complexity index is 719. The van der Waals surface area contributed by atoms with Crippen molar-refractivity contribution in [3.63, 3.8) is 0 Å². The van der Waals surface area contributed by atoms with E-state index in [2.05, 4.69) is 15.2 Å². The van der Waals surface area contributed by atoms with Crippen LogP contribution in [0.5, 0.6) is 5.75 Å². The molecule has 6 nitrogen and oxygen atoms in total. The summed E-state index contributed by atoms with van der Waals surface area (Å²) in [7, 11) is 0. The van der Waals surface area contributed by atoms with Gasteiger partial charge in [0.15, 0.2) is 11.2 Å². The summed E-state index contributed by atoms with van der Waals surface area (Å²) in [6.07, 6.45) is -0.648. The number of amides is 1. The molecule has 2 aromatic rings. The minimum Gasteiger partial charge on any atom is -0.481 e. The maximum Gasteiger partial charge on any atom is 0.266 e. The molecule has 1 aliphatic rings. The number of thiazole rings is 1. The number of halogens is 1. The van der Waals surface area contributed by atoms with E-state index in [1.807, 2.05) is 5.38 Å². The third-order valence-electron chi connectivity index (χ3n) is 3.75. The number of hydrogen-bond acceptors (Lipinski definition) is 6. The number of ether oxygens (including phenoxy) is 2. The highest BCUT2D eigenvalue weighted by Gasteiger charge is 2.17. The van der Waals surface area contributed by atoms with Crippen molar-refractivity contribution in [1.82, 2.24) is 9.88 Å². The van der Waals surface area contributed by atoms with Crippen molar-refractivity contribution in [2.45, 2.75) is 19.6 Å². The van der Waals surface area contributed by atoms with Crippen LogP contribution in [-0.2, 0) is 16.1 Å². The van der Waals surface area contributed by atoms with Gasteiger partial charge < -0.3 is 9.47 Å². The van der Waals surface area contributed by atoms with Crippen LogP contribution in [0.3, 0.4) is 0 Å². The van der Waals surface area contributed by atoms with Gasteiger partial charge in [-0.2, -0.15) is 0 Å². The van der Waals surface area contributed by atoms with Crippen molar-refractivity contribution >= 4 is 34.0 Å². The van der Waals surface area contributed by atoms with Gasteiger partial charge in [0.05, 0.1) is 18.9 Å². The molecule has 1 N–H and O–H groups in total. The minimum absolute atomic E-state index is 0.243. The molecule has 1 amide bonds. The molecule has 8 heteroatoms. The van der Waals surface area contributed by atoms with Crippen LogP contribution >= 0.6 is 22.9 Å². The van der Waals surface area contributed by atoms with Crippen LogP contribution in [-0.4, -0.2) is 48.2 Å². The molecule has 1 aliphatic heterocycles. The quantitative estimate of drug-likeness (QED) is 0.833. The van der Waals surface area contributed by atoms with E-state index < -0.39 is 6.10 Å². The van der Waals surface area contributed by atoms with Crippen molar-refractivity contribution in [2.24, 2.45) is 0 Å².